The summed E-state index contributed by atoms with van der Waals surface area (Å²) in [5.41, 5.74) is 1.45. The van der Waals surface area contributed by atoms with Gasteiger partial charge in [-0.3, -0.25) is 0 Å². The van der Waals surface area contributed by atoms with Crippen molar-refractivity contribution in [2.75, 3.05) is 0 Å². The quantitative estimate of drug-likeness (QED) is 0.657. The fraction of sp³-hybridized carbons (Fsp3) is 0.111. The number of benzene rings is 1. The molecule has 64 valence electrons. The van der Waals surface area contributed by atoms with Gasteiger partial charge in [0.2, 0.25) is 0 Å². The predicted octanol–water partition coefficient (Wildman–Crippen LogP) is 0.366. The molecule has 0 bridgehead atoms. The molecule has 1 aromatic carbocycles. The number of aromatic carboxylic acids is 1. The standard InChI is InChI=1S/C9H8BNO2/c1-10-8-3-6(5-11)2-7(4-8)9(12)13/h2-4,10H,1H3,(H,12,13). The minimum Gasteiger partial charge on any atom is -0.478 e. The van der Waals surface area contributed by atoms with Crippen LogP contribution in [0.2, 0.25) is 6.82 Å². The minimum absolute atomic E-state index is 0.177. The summed E-state index contributed by atoms with van der Waals surface area (Å²) in [5, 5.41) is 17.3. The van der Waals surface area contributed by atoms with Crippen molar-refractivity contribution in [3.05, 3.63) is 29.3 Å². The molecule has 0 fully saturated rings. The highest BCUT2D eigenvalue weighted by Gasteiger charge is 2.05. The summed E-state index contributed by atoms with van der Waals surface area (Å²) >= 11 is 0. The van der Waals surface area contributed by atoms with E-state index in [1.807, 2.05) is 12.9 Å². The van der Waals surface area contributed by atoms with Crippen molar-refractivity contribution in [2.45, 2.75) is 6.82 Å². The fourth-order valence-corrected chi connectivity index (χ4v) is 1.08. The van der Waals surface area contributed by atoms with Crippen molar-refractivity contribution in [3.8, 4) is 6.07 Å². The van der Waals surface area contributed by atoms with Gasteiger partial charge in [0, 0.05) is 0 Å². The lowest BCUT2D eigenvalue weighted by Crippen LogP contribution is -2.13. The zero-order chi connectivity index (χ0) is 9.84. The Balaban J connectivity index is 3.24. The first-order valence-electron chi connectivity index (χ1n) is 3.94. The molecule has 0 atom stereocenters. The molecule has 0 heterocycles. The van der Waals surface area contributed by atoms with E-state index in [-0.39, 0.29) is 5.56 Å². The van der Waals surface area contributed by atoms with Crippen LogP contribution < -0.4 is 5.46 Å². The Labute approximate surface area is 76.9 Å². The molecule has 4 heteroatoms. The molecular formula is C9H8BNO2. The summed E-state index contributed by atoms with van der Waals surface area (Å²) < 4.78 is 0. The molecule has 3 nitrogen and oxygen atoms in total. The normalized spacial score (nSPS) is 8.92. The zero-order valence-corrected chi connectivity index (χ0v) is 7.24. The highest BCUT2D eigenvalue weighted by molar-refractivity contribution is 6.52. The van der Waals surface area contributed by atoms with E-state index in [1.54, 1.807) is 12.1 Å². The van der Waals surface area contributed by atoms with Crippen LogP contribution >= 0.6 is 0 Å². The zero-order valence-electron chi connectivity index (χ0n) is 7.24. The van der Waals surface area contributed by atoms with E-state index in [0.717, 1.165) is 12.7 Å². The lowest BCUT2D eigenvalue weighted by Gasteiger charge is -1.99. The van der Waals surface area contributed by atoms with Crippen LogP contribution in [-0.2, 0) is 0 Å². The molecular weight excluding hydrogens is 165 g/mol. The van der Waals surface area contributed by atoms with Crippen molar-refractivity contribution in [1.82, 2.24) is 0 Å². The molecule has 0 saturated heterocycles. The van der Waals surface area contributed by atoms with E-state index in [1.165, 1.54) is 6.07 Å². The Bertz CT molecular complexity index is 382. The van der Waals surface area contributed by atoms with Crippen molar-refractivity contribution in [1.29, 1.82) is 5.26 Å². The molecule has 0 aliphatic carbocycles. The second kappa shape index (κ2) is 3.77. The summed E-state index contributed by atoms with van der Waals surface area (Å²) in [7, 11) is 0.732. The van der Waals surface area contributed by atoms with Gasteiger partial charge in [0.25, 0.3) is 0 Å². The third kappa shape index (κ3) is 2.09. The third-order valence-electron chi connectivity index (χ3n) is 1.78. The molecule has 1 aromatic rings. The smallest absolute Gasteiger partial charge is 0.335 e. The van der Waals surface area contributed by atoms with Gasteiger partial charge in [-0.2, -0.15) is 5.26 Å². The van der Waals surface area contributed by atoms with Crippen LogP contribution in [0.3, 0.4) is 0 Å². The maximum atomic E-state index is 10.6. The SMILES string of the molecule is CBc1cc(C#N)cc(C(=O)O)c1. The summed E-state index contributed by atoms with van der Waals surface area (Å²) in [6.07, 6.45) is 0. The summed E-state index contributed by atoms with van der Waals surface area (Å²) in [4.78, 5) is 10.6. The van der Waals surface area contributed by atoms with Crippen LogP contribution in [0.5, 0.6) is 0 Å². The van der Waals surface area contributed by atoms with Crippen molar-refractivity contribution in [3.63, 3.8) is 0 Å². The van der Waals surface area contributed by atoms with E-state index < -0.39 is 5.97 Å². The Morgan fingerprint density at radius 1 is 1.54 bits per heavy atom. The first kappa shape index (κ1) is 9.33. The molecule has 0 radical (unpaired) electrons. The number of nitrogens with zero attached hydrogens (tertiary/aromatic N) is 1. The Morgan fingerprint density at radius 3 is 2.69 bits per heavy atom. The van der Waals surface area contributed by atoms with Gasteiger partial charge in [0.15, 0.2) is 7.28 Å². The van der Waals surface area contributed by atoms with Gasteiger partial charge in [-0.25, -0.2) is 4.79 Å². The average Bonchev–Trinajstić information content (AvgIpc) is 2.16. The van der Waals surface area contributed by atoms with Crippen LogP contribution in [0, 0.1) is 11.3 Å². The summed E-state index contributed by atoms with van der Waals surface area (Å²) in [5.74, 6) is -0.994. The largest absolute Gasteiger partial charge is 0.478 e. The molecule has 13 heavy (non-hydrogen) atoms. The topological polar surface area (TPSA) is 61.1 Å². The van der Waals surface area contributed by atoms with Gasteiger partial charge in [-0.15, -0.1) is 0 Å². The molecule has 1 N–H and O–H groups in total. The maximum Gasteiger partial charge on any atom is 0.335 e. The predicted molar refractivity (Wildman–Crippen MR) is 50.8 cm³/mol. The summed E-state index contributed by atoms with van der Waals surface area (Å²) in [6, 6.07) is 6.60. The minimum atomic E-state index is -0.994. The van der Waals surface area contributed by atoms with E-state index >= 15 is 0 Å². The third-order valence-corrected chi connectivity index (χ3v) is 1.78. The van der Waals surface area contributed by atoms with Gasteiger partial charge in [0.05, 0.1) is 17.2 Å². The molecule has 0 aliphatic heterocycles. The van der Waals surface area contributed by atoms with E-state index in [0.29, 0.717) is 5.56 Å². The second-order valence-corrected chi connectivity index (χ2v) is 2.69. The molecule has 0 aromatic heterocycles. The second-order valence-electron chi connectivity index (χ2n) is 2.69. The van der Waals surface area contributed by atoms with E-state index in [9.17, 15) is 4.79 Å². The van der Waals surface area contributed by atoms with Gasteiger partial charge < -0.3 is 5.11 Å². The van der Waals surface area contributed by atoms with Gasteiger partial charge in [-0.05, 0) is 6.07 Å². The number of carbonyl (C=O) groups is 1. The molecule has 0 spiro atoms. The maximum absolute atomic E-state index is 10.6. The van der Waals surface area contributed by atoms with Gasteiger partial charge >= 0.3 is 5.97 Å². The number of hydrogen-bond donors (Lipinski definition) is 1. The first-order valence-corrected chi connectivity index (χ1v) is 3.94. The molecule has 1 rings (SSSR count). The highest BCUT2D eigenvalue weighted by atomic mass is 16.4. The lowest BCUT2D eigenvalue weighted by atomic mass is 9.72. The number of nitriles is 1. The van der Waals surface area contributed by atoms with Gasteiger partial charge in [-0.1, -0.05) is 24.4 Å². The molecule has 0 amide bonds. The number of carboxylic acid groups (broad SMARTS) is 1. The van der Waals surface area contributed by atoms with Crippen LogP contribution in [0.4, 0.5) is 0 Å². The van der Waals surface area contributed by atoms with Crippen LogP contribution in [0.15, 0.2) is 18.2 Å². The highest BCUT2D eigenvalue weighted by Crippen LogP contribution is 2.01. The van der Waals surface area contributed by atoms with Crippen LogP contribution in [0.25, 0.3) is 0 Å². The number of hydrogen-bond acceptors (Lipinski definition) is 2. The summed E-state index contributed by atoms with van der Waals surface area (Å²) in [6.45, 7) is 1.92. The van der Waals surface area contributed by atoms with Crippen molar-refractivity contribution < 1.29 is 9.90 Å². The van der Waals surface area contributed by atoms with E-state index in [2.05, 4.69) is 0 Å². The van der Waals surface area contributed by atoms with Gasteiger partial charge in [0.1, 0.15) is 0 Å². The monoisotopic (exact) mass is 173 g/mol. The fourth-order valence-electron chi connectivity index (χ4n) is 1.08. The Hall–Kier alpha value is -1.76. The Morgan fingerprint density at radius 2 is 2.23 bits per heavy atom. The molecule has 0 saturated carbocycles. The average molecular weight is 173 g/mol. The van der Waals surface area contributed by atoms with Crippen LogP contribution in [0.1, 0.15) is 15.9 Å². The van der Waals surface area contributed by atoms with Crippen molar-refractivity contribution >= 4 is 18.7 Å². The molecule has 0 aliphatic rings. The first-order chi connectivity index (χ1) is 6.17. The Kier molecular flexibility index (Phi) is 2.71. The lowest BCUT2D eigenvalue weighted by molar-refractivity contribution is 0.0697. The molecule has 0 unspecified atom stereocenters. The van der Waals surface area contributed by atoms with Crippen LogP contribution in [-0.4, -0.2) is 18.4 Å². The van der Waals surface area contributed by atoms with Crippen molar-refractivity contribution in [2.24, 2.45) is 0 Å². The number of carboxylic acids is 1. The number of rotatable bonds is 2. The van der Waals surface area contributed by atoms with E-state index in [4.69, 9.17) is 10.4 Å².